The Labute approximate surface area is 118 Å². The number of phenols is 2. The summed E-state index contributed by atoms with van der Waals surface area (Å²) in [4.78, 5) is 16.5. The highest BCUT2D eigenvalue weighted by Crippen LogP contribution is 2.27. The maximum absolute atomic E-state index is 12.0. The Morgan fingerprint density at radius 3 is 2.85 bits per heavy atom. The molecule has 0 radical (unpaired) electrons. The third-order valence-electron chi connectivity index (χ3n) is 3.74. The molecule has 1 aromatic rings. The molecule has 1 aromatic carbocycles. The second-order valence-electron chi connectivity index (χ2n) is 5.28. The fourth-order valence-corrected chi connectivity index (χ4v) is 2.34. The highest BCUT2D eigenvalue weighted by atomic mass is 16.3. The van der Waals surface area contributed by atoms with Gasteiger partial charge in [0.2, 0.25) is 0 Å². The Morgan fingerprint density at radius 1 is 1.35 bits per heavy atom. The molecule has 1 unspecified atom stereocenters. The molecule has 1 atom stereocenters. The van der Waals surface area contributed by atoms with Gasteiger partial charge < -0.3 is 20.4 Å². The second-order valence-corrected chi connectivity index (χ2v) is 5.28. The summed E-state index contributed by atoms with van der Waals surface area (Å²) >= 11 is 0. The van der Waals surface area contributed by atoms with Crippen molar-refractivity contribution in [2.45, 2.75) is 6.04 Å². The normalized spacial score (nSPS) is 20.8. The van der Waals surface area contributed by atoms with Gasteiger partial charge in [-0.1, -0.05) is 6.07 Å². The van der Waals surface area contributed by atoms with Crippen LogP contribution in [0.3, 0.4) is 0 Å². The van der Waals surface area contributed by atoms with Crippen LogP contribution in [-0.4, -0.2) is 72.2 Å². The Kier molecular flexibility index (Phi) is 4.46. The summed E-state index contributed by atoms with van der Waals surface area (Å²) in [7, 11) is 4.10. The molecule has 1 aliphatic rings. The number of aromatic hydroxyl groups is 2. The summed E-state index contributed by atoms with van der Waals surface area (Å²) in [6.07, 6.45) is 0. The first kappa shape index (κ1) is 14.6. The molecule has 0 aromatic heterocycles. The quantitative estimate of drug-likeness (QED) is 0.683. The van der Waals surface area contributed by atoms with E-state index >= 15 is 0 Å². The van der Waals surface area contributed by atoms with Crippen LogP contribution >= 0.6 is 0 Å². The highest BCUT2D eigenvalue weighted by molar-refractivity contribution is 5.97. The molecule has 1 aliphatic heterocycles. The minimum Gasteiger partial charge on any atom is -0.504 e. The number of hydrogen-bond donors (Lipinski definition) is 3. The van der Waals surface area contributed by atoms with Crippen molar-refractivity contribution in [3.63, 3.8) is 0 Å². The van der Waals surface area contributed by atoms with Crippen LogP contribution in [0.1, 0.15) is 10.4 Å². The van der Waals surface area contributed by atoms with Crippen molar-refractivity contribution < 1.29 is 15.0 Å². The average Bonchev–Trinajstić information content (AvgIpc) is 2.42. The monoisotopic (exact) mass is 279 g/mol. The van der Waals surface area contributed by atoms with Crippen molar-refractivity contribution in [2.75, 3.05) is 40.3 Å². The van der Waals surface area contributed by atoms with Gasteiger partial charge in [0, 0.05) is 32.2 Å². The lowest BCUT2D eigenvalue weighted by molar-refractivity contribution is 0.0878. The van der Waals surface area contributed by atoms with Crippen molar-refractivity contribution >= 4 is 5.91 Å². The first-order valence-electron chi connectivity index (χ1n) is 6.67. The number of hydrogen-bond acceptors (Lipinski definition) is 5. The fraction of sp³-hybridized carbons (Fsp3) is 0.500. The predicted octanol–water partition coefficient (Wildman–Crippen LogP) is 0.0734. The lowest BCUT2D eigenvalue weighted by Gasteiger charge is -2.37. The van der Waals surface area contributed by atoms with Gasteiger partial charge in [-0.05, 0) is 26.2 Å². The molecule has 20 heavy (non-hydrogen) atoms. The minimum absolute atomic E-state index is 0.0943. The van der Waals surface area contributed by atoms with Crippen molar-refractivity contribution in [1.82, 2.24) is 15.1 Å². The topological polar surface area (TPSA) is 76.0 Å². The first-order chi connectivity index (χ1) is 9.49. The van der Waals surface area contributed by atoms with Gasteiger partial charge in [-0.25, -0.2) is 0 Å². The molecule has 3 N–H and O–H groups in total. The maximum Gasteiger partial charge on any atom is 0.255 e. The number of benzene rings is 1. The van der Waals surface area contributed by atoms with Gasteiger partial charge in [0.15, 0.2) is 11.5 Å². The van der Waals surface area contributed by atoms with E-state index in [2.05, 4.69) is 22.2 Å². The standard InChI is InChI=1S/C14H21N3O3/c1-16-6-7-17(2)10(9-16)8-15-14(20)11-4-3-5-12(18)13(11)19/h3-5,10,18-19H,6-9H2,1-2H3,(H,15,20). The summed E-state index contributed by atoms with van der Waals surface area (Å²) in [5, 5.41) is 21.9. The van der Waals surface area contributed by atoms with E-state index in [0.29, 0.717) is 6.54 Å². The van der Waals surface area contributed by atoms with Crippen LogP contribution in [0.15, 0.2) is 18.2 Å². The van der Waals surface area contributed by atoms with Gasteiger partial charge in [-0.3, -0.25) is 9.69 Å². The van der Waals surface area contributed by atoms with Crippen LogP contribution < -0.4 is 5.32 Å². The molecule has 2 rings (SSSR count). The van der Waals surface area contributed by atoms with Gasteiger partial charge >= 0.3 is 0 Å². The number of piperazine rings is 1. The predicted molar refractivity (Wildman–Crippen MR) is 76.0 cm³/mol. The molecule has 1 saturated heterocycles. The largest absolute Gasteiger partial charge is 0.504 e. The van der Waals surface area contributed by atoms with Crippen LogP contribution in [-0.2, 0) is 0 Å². The number of para-hydroxylation sites is 1. The minimum atomic E-state index is -0.376. The summed E-state index contributed by atoms with van der Waals surface area (Å²) in [5.41, 5.74) is 0.0943. The summed E-state index contributed by atoms with van der Waals surface area (Å²) in [6, 6.07) is 4.61. The third kappa shape index (κ3) is 3.20. The van der Waals surface area contributed by atoms with Crippen LogP contribution in [0.25, 0.3) is 0 Å². The molecule has 1 fully saturated rings. The van der Waals surface area contributed by atoms with Crippen molar-refractivity contribution in [1.29, 1.82) is 0 Å². The van der Waals surface area contributed by atoms with Gasteiger partial charge in [0.05, 0.1) is 5.56 Å². The van der Waals surface area contributed by atoms with E-state index in [-0.39, 0.29) is 29.0 Å². The van der Waals surface area contributed by atoms with Gasteiger partial charge in [-0.2, -0.15) is 0 Å². The Bertz CT molecular complexity index is 493. The summed E-state index contributed by atoms with van der Waals surface area (Å²) < 4.78 is 0. The van der Waals surface area contributed by atoms with Crippen molar-refractivity contribution in [3.8, 4) is 11.5 Å². The van der Waals surface area contributed by atoms with E-state index in [0.717, 1.165) is 19.6 Å². The lowest BCUT2D eigenvalue weighted by Crippen LogP contribution is -2.54. The Balaban J connectivity index is 1.96. The number of amides is 1. The number of carbonyl (C=O) groups is 1. The van der Waals surface area contributed by atoms with Crippen LogP contribution in [0, 0.1) is 0 Å². The van der Waals surface area contributed by atoms with Gasteiger partial charge in [0.1, 0.15) is 0 Å². The molecule has 0 saturated carbocycles. The third-order valence-corrected chi connectivity index (χ3v) is 3.74. The van der Waals surface area contributed by atoms with Gasteiger partial charge in [-0.15, -0.1) is 0 Å². The maximum atomic E-state index is 12.0. The Hall–Kier alpha value is -1.79. The van der Waals surface area contributed by atoms with E-state index in [4.69, 9.17) is 0 Å². The summed E-state index contributed by atoms with van der Waals surface area (Å²) in [6.45, 7) is 3.39. The van der Waals surface area contributed by atoms with E-state index < -0.39 is 0 Å². The number of carbonyl (C=O) groups excluding carboxylic acids is 1. The molecular formula is C14H21N3O3. The van der Waals surface area contributed by atoms with Crippen LogP contribution in [0.2, 0.25) is 0 Å². The SMILES string of the molecule is CN1CCN(C)C(CNC(=O)c2cccc(O)c2O)C1. The zero-order chi connectivity index (χ0) is 14.7. The van der Waals surface area contributed by atoms with E-state index in [1.807, 2.05) is 7.05 Å². The molecule has 1 amide bonds. The first-order valence-corrected chi connectivity index (χ1v) is 6.67. The second kappa shape index (κ2) is 6.11. The molecule has 6 nitrogen and oxygen atoms in total. The van der Waals surface area contributed by atoms with Crippen molar-refractivity contribution in [3.05, 3.63) is 23.8 Å². The molecule has 110 valence electrons. The van der Waals surface area contributed by atoms with Crippen molar-refractivity contribution in [2.24, 2.45) is 0 Å². The molecule has 1 heterocycles. The zero-order valence-electron chi connectivity index (χ0n) is 11.8. The number of rotatable bonds is 3. The number of likely N-dealkylation sites (N-methyl/N-ethyl adjacent to an activating group) is 2. The molecule has 0 bridgehead atoms. The highest BCUT2D eigenvalue weighted by Gasteiger charge is 2.23. The van der Waals surface area contributed by atoms with E-state index in [9.17, 15) is 15.0 Å². The van der Waals surface area contributed by atoms with Gasteiger partial charge in [0.25, 0.3) is 5.91 Å². The number of phenolic OH excluding ortho intramolecular Hbond substituents is 2. The van der Waals surface area contributed by atoms with E-state index in [1.54, 1.807) is 0 Å². The van der Waals surface area contributed by atoms with E-state index in [1.165, 1.54) is 18.2 Å². The zero-order valence-corrected chi connectivity index (χ0v) is 11.8. The number of nitrogens with one attached hydrogen (secondary N) is 1. The molecule has 0 spiro atoms. The molecule has 0 aliphatic carbocycles. The van der Waals surface area contributed by atoms with Crippen LogP contribution in [0.5, 0.6) is 11.5 Å². The smallest absolute Gasteiger partial charge is 0.255 e. The lowest BCUT2D eigenvalue weighted by atomic mass is 10.1. The average molecular weight is 279 g/mol. The molecule has 6 heteroatoms. The fourth-order valence-electron chi connectivity index (χ4n) is 2.34. The number of nitrogens with zero attached hydrogens (tertiary/aromatic N) is 2. The van der Waals surface area contributed by atoms with Crippen LogP contribution in [0.4, 0.5) is 0 Å². The molecular weight excluding hydrogens is 258 g/mol. The Morgan fingerprint density at radius 2 is 2.10 bits per heavy atom. The summed E-state index contributed by atoms with van der Waals surface area (Å²) in [5.74, 6) is -1.04.